The van der Waals surface area contributed by atoms with Crippen LogP contribution in [0.5, 0.6) is 11.5 Å². The number of para-hydroxylation sites is 2. The van der Waals surface area contributed by atoms with Crippen molar-refractivity contribution in [3.8, 4) is 11.5 Å². The van der Waals surface area contributed by atoms with Crippen molar-refractivity contribution in [1.29, 1.82) is 0 Å². The van der Waals surface area contributed by atoms with E-state index in [1.54, 1.807) is 18.2 Å². The minimum Gasteiger partial charge on any atom is -0.485 e. The second kappa shape index (κ2) is 3.46. The quantitative estimate of drug-likeness (QED) is 0.741. The molecule has 2 aliphatic heterocycles. The molecule has 0 radical (unpaired) electrons. The second-order valence-corrected chi connectivity index (χ2v) is 3.26. The van der Waals surface area contributed by atoms with Crippen LogP contribution < -0.4 is 14.8 Å². The van der Waals surface area contributed by atoms with Crippen LogP contribution in [-0.2, 0) is 0 Å². The van der Waals surface area contributed by atoms with Gasteiger partial charge >= 0.3 is 0 Å². The Balaban J connectivity index is 1.81. The van der Waals surface area contributed by atoms with Crippen LogP contribution in [0.2, 0.25) is 0 Å². The molecule has 0 bridgehead atoms. The molecule has 0 saturated heterocycles. The number of hydrogen-bond donors (Lipinski definition) is 1. The van der Waals surface area contributed by atoms with Crippen LogP contribution in [0.3, 0.4) is 0 Å². The van der Waals surface area contributed by atoms with Gasteiger partial charge in [0.05, 0.1) is 10.6 Å². The first kappa shape index (κ1) is 6.00. The van der Waals surface area contributed by atoms with Gasteiger partial charge in [-0.2, -0.15) is 0 Å². The lowest BCUT2D eigenvalue weighted by molar-refractivity contribution is 0.133. The number of amidine groups is 1. The van der Waals surface area contributed by atoms with Crippen molar-refractivity contribution in [3.05, 3.63) is 24.2 Å². The molecule has 0 spiro atoms. The average molecular weight is 207 g/mol. The van der Waals surface area contributed by atoms with E-state index >= 15 is 0 Å². The minimum atomic E-state index is -0.826. The highest BCUT2D eigenvalue weighted by atomic mass is 16.6. The summed E-state index contributed by atoms with van der Waals surface area (Å²) < 4.78 is 33.8. The maximum Gasteiger partial charge on any atom is 0.189 e. The third-order valence-electron chi connectivity index (χ3n) is 2.27. The lowest BCUT2D eigenvalue weighted by Gasteiger charge is -2.26. The third kappa shape index (κ3) is 1.52. The molecule has 4 heteroatoms. The van der Waals surface area contributed by atoms with Gasteiger partial charge in [-0.1, -0.05) is 12.1 Å². The fourth-order valence-corrected chi connectivity index (χ4v) is 1.55. The highest BCUT2D eigenvalue weighted by Gasteiger charge is 2.26. The van der Waals surface area contributed by atoms with Crippen molar-refractivity contribution in [1.82, 2.24) is 5.32 Å². The number of benzene rings is 1. The fraction of sp³-hybridized carbons (Fsp3) is 0.364. The van der Waals surface area contributed by atoms with Gasteiger partial charge in [0, 0.05) is 6.52 Å². The van der Waals surface area contributed by atoms with Crippen LogP contribution in [0.15, 0.2) is 29.2 Å². The molecule has 4 nitrogen and oxygen atoms in total. The number of nitrogens with one attached hydrogen (secondary N) is 1. The van der Waals surface area contributed by atoms with Crippen LogP contribution in [0, 0.1) is 0 Å². The molecule has 15 heavy (non-hydrogen) atoms. The lowest BCUT2D eigenvalue weighted by atomic mass is 10.2. The summed E-state index contributed by atoms with van der Waals surface area (Å²) in [4.78, 5) is 4.02. The van der Waals surface area contributed by atoms with E-state index in [1.165, 1.54) is 0 Å². The van der Waals surface area contributed by atoms with Gasteiger partial charge in [-0.15, -0.1) is 0 Å². The maximum atomic E-state index is 7.53. The number of ether oxygens (including phenoxy) is 2. The number of fused-ring (bicyclic) bond motifs is 1. The van der Waals surface area contributed by atoms with Gasteiger partial charge in [-0.3, -0.25) is 4.99 Å². The number of hydrogen-bond acceptors (Lipinski definition) is 4. The molecule has 0 aromatic heterocycles. The van der Waals surface area contributed by atoms with Crippen LogP contribution >= 0.6 is 0 Å². The zero-order valence-electron chi connectivity index (χ0n) is 10.9. The van der Waals surface area contributed by atoms with E-state index in [9.17, 15) is 0 Å². The molecule has 3 rings (SSSR count). The summed E-state index contributed by atoms with van der Waals surface area (Å²) in [5.41, 5.74) is 0. The normalized spacial score (nSPS) is 35.9. The zero-order chi connectivity index (χ0) is 12.7. The fourth-order valence-electron chi connectivity index (χ4n) is 1.55. The molecule has 1 N–H and O–H groups in total. The Morgan fingerprint density at radius 2 is 2.53 bits per heavy atom. The molecule has 1 unspecified atom stereocenters. The molecule has 1 aromatic rings. The molecule has 0 fully saturated rings. The molecule has 1 aromatic carbocycles. The summed E-state index contributed by atoms with van der Waals surface area (Å²) in [6.07, 6.45) is -0.442. The van der Waals surface area contributed by atoms with E-state index < -0.39 is 19.1 Å². The Kier molecular flexibility index (Phi) is 1.38. The van der Waals surface area contributed by atoms with Crippen LogP contribution in [-0.4, -0.2) is 31.6 Å². The summed E-state index contributed by atoms with van der Waals surface area (Å²) in [6, 6.07) is 5.25. The summed E-state index contributed by atoms with van der Waals surface area (Å²) in [5.74, 6) is 1.57. The van der Waals surface area contributed by atoms with E-state index in [0.29, 0.717) is 23.4 Å². The van der Waals surface area contributed by atoms with Crippen molar-refractivity contribution in [2.24, 2.45) is 4.99 Å². The first-order valence-corrected chi connectivity index (χ1v) is 4.72. The number of nitrogens with zero attached hydrogens (tertiary/aromatic N) is 1. The van der Waals surface area contributed by atoms with Crippen LogP contribution in [0.25, 0.3) is 0 Å². The van der Waals surface area contributed by atoms with Crippen molar-refractivity contribution in [2.75, 3.05) is 19.6 Å². The van der Waals surface area contributed by atoms with E-state index in [-0.39, 0.29) is 6.61 Å². The zero-order valence-corrected chi connectivity index (χ0v) is 7.93. The highest BCUT2D eigenvalue weighted by molar-refractivity contribution is 5.88. The maximum absolute atomic E-state index is 7.53. The molecular weight excluding hydrogens is 192 g/mol. The molecule has 0 aliphatic carbocycles. The lowest BCUT2D eigenvalue weighted by Crippen LogP contribution is -2.42. The van der Waals surface area contributed by atoms with E-state index in [2.05, 4.69) is 10.3 Å². The predicted molar refractivity (Wildman–Crippen MR) is 56.7 cm³/mol. The predicted octanol–water partition coefficient (Wildman–Crippen LogP) is 0.828. The molecule has 3 atom stereocenters. The highest BCUT2D eigenvalue weighted by Crippen LogP contribution is 2.31. The monoisotopic (exact) mass is 207 g/mol. The van der Waals surface area contributed by atoms with Gasteiger partial charge in [-0.05, 0) is 12.1 Å². The van der Waals surface area contributed by atoms with E-state index in [4.69, 9.17) is 13.6 Å². The van der Waals surface area contributed by atoms with Gasteiger partial charge in [0.2, 0.25) is 0 Å². The standard InChI is InChI=1S/C11H12N2O2/c1-2-4-9-8(3-1)14-7-10(15-9)11-12-5-6-13-11/h1-4,10H,5-7H2,(H,12,13)/i2D,5D,6D/t5-,6+,10?. The van der Waals surface area contributed by atoms with E-state index in [0.717, 1.165) is 0 Å². The Morgan fingerprint density at radius 1 is 1.53 bits per heavy atom. The summed E-state index contributed by atoms with van der Waals surface area (Å²) in [5, 5.41) is 2.80. The first-order valence-electron chi connectivity index (χ1n) is 6.38. The number of rotatable bonds is 1. The van der Waals surface area contributed by atoms with Crippen molar-refractivity contribution in [3.63, 3.8) is 0 Å². The molecule has 0 amide bonds. The van der Waals surface area contributed by atoms with Crippen LogP contribution in [0.4, 0.5) is 0 Å². The van der Waals surface area contributed by atoms with Crippen molar-refractivity contribution in [2.45, 2.75) is 6.10 Å². The first-order chi connectivity index (χ1) is 8.63. The summed E-state index contributed by atoms with van der Waals surface area (Å²) >= 11 is 0. The Labute approximate surface area is 92.1 Å². The molecule has 78 valence electrons. The van der Waals surface area contributed by atoms with E-state index in [1.807, 2.05) is 0 Å². The van der Waals surface area contributed by atoms with Gasteiger partial charge in [-0.25, -0.2) is 0 Å². The number of aliphatic imine (C=N–C) groups is 1. The second-order valence-electron chi connectivity index (χ2n) is 3.26. The topological polar surface area (TPSA) is 42.8 Å². The largest absolute Gasteiger partial charge is 0.485 e. The van der Waals surface area contributed by atoms with Gasteiger partial charge < -0.3 is 14.8 Å². The van der Waals surface area contributed by atoms with Crippen molar-refractivity contribution < 1.29 is 13.6 Å². The minimum absolute atomic E-state index is 0.287. The van der Waals surface area contributed by atoms with Gasteiger partial charge in [0.1, 0.15) is 12.4 Å². The molecule has 2 aliphatic rings. The Hall–Kier alpha value is -1.71. The van der Waals surface area contributed by atoms with Crippen LogP contribution in [0.1, 0.15) is 4.11 Å². The molecule has 2 heterocycles. The smallest absolute Gasteiger partial charge is 0.189 e. The Bertz CT molecular complexity index is 509. The molecular formula is C11H12N2O2. The Morgan fingerprint density at radius 3 is 3.40 bits per heavy atom. The average Bonchev–Trinajstić information content (AvgIpc) is 2.69. The SMILES string of the molecule is [2H]c1ccc2c(c1)OC(C1=N[C@H]([2H])[C@H]([2H])N1)CO2. The summed E-state index contributed by atoms with van der Waals surface area (Å²) in [7, 11) is 0. The van der Waals surface area contributed by atoms with Crippen molar-refractivity contribution >= 4 is 5.84 Å². The molecule has 0 saturated carbocycles. The summed E-state index contributed by atoms with van der Waals surface area (Å²) in [6.45, 7) is -1.30. The third-order valence-corrected chi connectivity index (χ3v) is 2.27. The van der Waals surface area contributed by atoms with Gasteiger partial charge in [0.15, 0.2) is 17.6 Å². The van der Waals surface area contributed by atoms with Gasteiger partial charge in [0.25, 0.3) is 0 Å².